The van der Waals surface area contributed by atoms with Gasteiger partial charge in [-0.2, -0.15) is 0 Å². The molecule has 0 amide bonds. The van der Waals surface area contributed by atoms with Gasteiger partial charge in [0.2, 0.25) is 0 Å². The molecule has 21 heavy (non-hydrogen) atoms. The summed E-state index contributed by atoms with van der Waals surface area (Å²) in [7, 11) is 0. The van der Waals surface area contributed by atoms with Crippen LogP contribution in [0.15, 0.2) is 36.4 Å². The number of ether oxygens (including phenoxy) is 1. The minimum atomic E-state index is 0.718. The molecule has 0 aliphatic heterocycles. The van der Waals surface area contributed by atoms with E-state index in [0.717, 1.165) is 40.2 Å². The van der Waals surface area contributed by atoms with Crippen LogP contribution in [0.3, 0.4) is 0 Å². The molecule has 2 nitrogen and oxygen atoms in total. The van der Waals surface area contributed by atoms with Gasteiger partial charge in [0.25, 0.3) is 0 Å². The van der Waals surface area contributed by atoms with Crippen molar-refractivity contribution < 1.29 is 4.74 Å². The van der Waals surface area contributed by atoms with Crippen molar-refractivity contribution in [2.45, 2.75) is 39.3 Å². The van der Waals surface area contributed by atoms with Gasteiger partial charge in [0.1, 0.15) is 11.5 Å². The van der Waals surface area contributed by atoms with Crippen molar-refractivity contribution in [3.8, 4) is 11.5 Å². The summed E-state index contributed by atoms with van der Waals surface area (Å²) in [5.74, 6) is 1.77. The van der Waals surface area contributed by atoms with E-state index < -0.39 is 0 Å². The van der Waals surface area contributed by atoms with Crippen molar-refractivity contribution in [3.63, 3.8) is 0 Å². The van der Waals surface area contributed by atoms with Crippen LogP contribution >= 0.6 is 11.6 Å². The summed E-state index contributed by atoms with van der Waals surface area (Å²) in [6, 6.07) is 12.8. The van der Waals surface area contributed by atoms with E-state index in [4.69, 9.17) is 16.3 Å². The molecule has 1 aliphatic rings. The zero-order valence-electron chi connectivity index (χ0n) is 12.4. The lowest BCUT2D eigenvalue weighted by molar-refractivity contribution is 0.474. The molecule has 0 saturated heterocycles. The van der Waals surface area contributed by atoms with Crippen LogP contribution in [0.5, 0.6) is 11.5 Å². The summed E-state index contributed by atoms with van der Waals surface area (Å²) in [5.41, 5.74) is 3.37. The molecule has 3 rings (SSSR count). The molecule has 0 spiro atoms. The van der Waals surface area contributed by atoms with Crippen LogP contribution in [-0.4, -0.2) is 6.04 Å². The Hall–Kier alpha value is -1.51. The second kappa shape index (κ2) is 6.08. The highest BCUT2D eigenvalue weighted by Crippen LogP contribution is 2.31. The number of aryl methyl sites for hydroxylation is 2. The van der Waals surface area contributed by atoms with Gasteiger partial charge in [-0.25, -0.2) is 0 Å². The Morgan fingerprint density at radius 3 is 2.52 bits per heavy atom. The smallest absolute Gasteiger partial charge is 0.133 e. The van der Waals surface area contributed by atoms with E-state index >= 15 is 0 Å². The first-order valence-electron chi connectivity index (χ1n) is 7.39. The Morgan fingerprint density at radius 1 is 1.14 bits per heavy atom. The van der Waals surface area contributed by atoms with E-state index in [-0.39, 0.29) is 0 Å². The fourth-order valence-corrected chi connectivity index (χ4v) is 2.77. The largest absolute Gasteiger partial charge is 0.457 e. The van der Waals surface area contributed by atoms with Gasteiger partial charge in [0, 0.05) is 17.6 Å². The summed E-state index contributed by atoms with van der Waals surface area (Å²) in [5, 5.41) is 4.27. The summed E-state index contributed by atoms with van der Waals surface area (Å²) >= 11 is 6.06. The third-order valence-corrected chi connectivity index (χ3v) is 3.93. The van der Waals surface area contributed by atoms with Crippen LogP contribution in [0.2, 0.25) is 5.02 Å². The summed E-state index contributed by atoms with van der Waals surface area (Å²) in [6.45, 7) is 4.94. The Balaban J connectivity index is 1.76. The molecule has 1 N–H and O–H groups in total. The number of hydrogen-bond donors (Lipinski definition) is 1. The van der Waals surface area contributed by atoms with E-state index in [1.54, 1.807) is 0 Å². The highest BCUT2D eigenvalue weighted by Gasteiger charge is 2.19. The molecule has 0 bridgehead atoms. The van der Waals surface area contributed by atoms with Crippen molar-refractivity contribution in [1.82, 2.24) is 5.32 Å². The van der Waals surface area contributed by atoms with Gasteiger partial charge in [0.15, 0.2) is 0 Å². The number of hydrogen-bond acceptors (Lipinski definition) is 2. The van der Waals surface area contributed by atoms with Crippen LogP contribution in [0.1, 0.15) is 29.5 Å². The van der Waals surface area contributed by atoms with Crippen LogP contribution in [0.4, 0.5) is 0 Å². The maximum atomic E-state index is 6.07. The maximum Gasteiger partial charge on any atom is 0.133 e. The van der Waals surface area contributed by atoms with Crippen molar-refractivity contribution in [2.24, 2.45) is 0 Å². The lowest BCUT2D eigenvalue weighted by Crippen LogP contribution is -2.15. The van der Waals surface area contributed by atoms with E-state index in [1.807, 2.05) is 38.1 Å². The normalized spacial score (nSPS) is 14.2. The molecule has 3 heteroatoms. The number of rotatable bonds is 5. The first kappa shape index (κ1) is 14.4. The predicted molar refractivity (Wildman–Crippen MR) is 87.3 cm³/mol. The highest BCUT2D eigenvalue weighted by molar-refractivity contribution is 6.30. The van der Waals surface area contributed by atoms with Crippen LogP contribution in [0, 0.1) is 13.8 Å². The van der Waals surface area contributed by atoms with E-state index in [2.05, 4.69) is 17.4 Å². The molecule has 1 saturated carbocycles. The van der Waals surface area contributed by atoms with Crippen LogP contribution in [0.25, 0.3) is 0 Å². The van der Waals surface area contributed by atoms with Crippen molar-refractivity contribution in [1.29, 1.82) is 0 Å². The molecule has 110 valence electrons. The lowest BCUT2D eigenvalue weighted by Gasteiger charge is -2.13. The average Bonchev–Trinajstić information content (AvgIpc) is 3.25. The molecule has 0 aromatic heterocycles. The number of nitrogens with one attached hydrogen (secondary N) is 1. The third kappa shape index (κ3) is 3.78. The molecule has 0 atom stereocenters. The molecule has 2 aromatic carbocycles. The van der Waals surface area contributed by atoms with Gasteiger partial charge in [-0.15, -0.1) is 0 Å². The standard InChI is InChI=1S/C18H20ClNO/c1-12-8-15(19)9-13(2)18(12)21-17-5-3-4-14(10-17)11-20-16-6-7-16/h3-5,8-10,16,20H,6-7,11H2,1-2H3. The van der Waals surface area contributed by atoms with Gasteiger partial charge < -0.3 is 10.1 Å². The van der Waals surface area contributed by atoms with Crippen molar-refractivity contribution in [2.75, 3.05) is 0 Å². The topological polar surface area (TPSA) is 21.3 Å². The fraction of sp³-hybridized carbons (Fsp3) is 0.333. The Kier molecular flexibility index (Phi) is 4.18. The average molecular weight is 302 g/mol. The van der Waals surface area contributed by atoms with E-state index in [1.165, 1.54) is 18.4 Å². The second-order valence-electron chi connectivity index (χ2n) is 5.77. The minimum absolute atomic E-state index is 0.718. The van der Waals surface area contributed by atoms with Crippen LogP contribution < -0.4 is 10.1 Å². The number of halogens is 1. The van der Waals surface area contributed by atoms with Gasteiger partial charge in [-0.1, -0.05) is 23.7 Å². The third-order valence-electron chi connectivity index (χ3n) is 3.72. The Labute approximate surface area is 131 Å². The first-order valence-corrected chi connectivity index (χ1v) is 7.76. The van der Waals surface area contributed by atoms with E-state index in [0.29, 0.717) is 0 Å². The molecule has 0 heterocycles. The summed E-state index contributed by atoms with van der Waals surface area (Å²) in [6.07, 6.45) is 2.61. The quantitative estimate of drug-likeness (QED) is 0.839. The van der Waals surface area contributed by atoms with Crippen molar-refractivity contribution >= 4 is 11.6 Å². The first-order chi connectivity index (χ1) is 10.1. The lowest BCUT2D eigenvalue weighted by atomic mass is 10.1. The zero-order valence-corrected chi connectivity index (χ0v) is 13.2. The molecule has 1 fully saturated rings. The SMILES string of the molecule is Cc1cc(Cl)cc(C)c1Oc1cccc(CNC2CC2)c1. The minimum Gasteiger partial charge on any atom is -0.457 e. The molecular formula is C18H20ClNO. The van der Waals surface area contributed by atoms with Gasteiger partial charge >= 0.3 is 0 Å². The molecule has 1 aliphatic carbocycles. The van der Waals surface area contributed by atoms with Crippen molar-refractivity contribution in [3.05, 3.63) is 58.1 Å². The van der Waals surface area contributed by atoms with Gasteiger partial charge in [0.05, 0.1) is 0 Å². The Morgan fingerprint density at radius 2 is 1.86 bits per heavy atom. The number of benzene rings is 2. The predicted octanol–water partition coefficient (Wildman–Crippen LogP) is 5.00. The van der Waals surface area contributed by atoms with Crippen LogP contribution in [-0.2, 0) is 6.54 Å². The van der Waals surface area contributed by atoms with Gasteiger partial charge in [-0.3, -0.25) is 0 Å². The summed E-state index contributed by atoms with van der Waals surface area (Å²) in [4.78, 5) is 0. The summed E-state index contributed by atoms with van der Waals surface area (Å²) < 4.78 is 6.07. The zero-order chi connectivity index (χ0) is 14.8. The molecule has 2 aromatic rings. The molecule has 0 radical (unpaired) electrons. The van der Waals surface area contributed by atoms with E-state index in [9.17, 15) is 0 Å². The maximum absolute atomic E-state index is 6.07. The molecule has 0 unspecified atom stereocenters. The monoisotopic (exact) mass is 301 g/mol. The second-order valence-corrected chi connectivity index (χ2v) is 6.21. The fourth-order valence-electron chi connectivity index (χ4n) is 2.44. The molecular weight excluding hydrogens is 282 g/mol. The Bertz CT molecular complexity index is 626. The van der Waals surface area contributed by atoms with Gasteiger partial charge in [-0.05, 0) is 67.6 Å². The highest BCUT2D eigenvalue weighted by atomic mass is 35.5.